The van der Waals surface area contributed by atoms with Gasteiger partial charge in [0, 0.05) is 30.5 Å². The highest BCUT2D eigenvalue weighted by molar-refractivity contribution is 5.89. The van der Waals surface area contributed by atoms with Gasteiger partial charge in [0.25, 0.3) is 0 Å². The van der Waals surface area contributed by atoms with E-state index in [-0.39, 0.29) is 29.4 Å². The summed E-state index contributed by atoms with van der Waals surface area (Å²) in [6.45, 7) is 10.3. The van der Waals surface area contributed by atoms with Crippen LogP contribution in [0.5, 0.6) is 0 Å². The fraction of sp³-hybridized carbons (Fsp3) is 0.941. The summed E-state index contributed by atoms with van der Waals surface area (Å²) in [5, 5.41) is 3.25. The summed E-state index contributed by atoms with van der Waals surface area (Å²) < 4.78 is 5.89. The molecule has 3 fully saturated rings. The van der Waals surface area contributed by atoms with Gasteiger partial charge in [-0.25, -0.2) is 0 Å². The normalized spacial score (nSPS) is 41.4. The molecular weight excluding hydrogens is 278 g/mol. The van der Waals surface area contributed by atoms with Crippen LogP contribution < -0.4 is 11.1 Å². The lowest BCUT2D eigenvalue weighted by Crippen LogP contribution is -2.82. The van der Waals surface area contributed by atoms with E-state index in [4.69, 9.17) is 10.5 Å². The number of likely N-dealkylation sites (tertiary alicyclic amines) is 1. The summed E-state index contributed by atoms with van der Waals surface area (Å²) in [5.41, 5.74) is 5.58. The standard InChI is InChI=1S/C17H31N3O2/c1-4-20-9-5-7-12(11-20)19-15(21)17(18)13-8-6-10-22-14(13)16(17,2)3/h12-14H,4-11,18H2,1-3H3,(H,19,21). The minimum atomic E-state index is -0.785. The monoisotopic (exact) mass is 309 g/mol. The highest BCUT2D eigenvalue weighted by Gasteiger charge is 2.70. The van der Waals surface area contributed by atoms with E-state index in [9.17, 15) is 4.79 Å². The molecule has 5 heteroatoms. The number of hydrogen-bond donors (Lipinski definition) is 2. The molecule has 1 amide bonds. The molecule has 2 saturated heterocycles. The van der Waals surface area contributed by atoms with Crippen LogP contribution in [0.4, 0.5) is 0 Å². The molecule has 126 valence electrons. The molecular formula is C17H31N3O2. The first-order chi connectivity index (χ1) is 10.4. The first kappa shape index (κ1) is 16.2. The minimum Gasteiger partial charge on any atom is -0.377 e. The van der Waals surface area contributed by atoms with Crippen LogP contribution in [0.25, 0.3) is 0 Å². The van der Waals surface area contributed by atoms with Gasteiger partial charge < -0.3 is 20.7 Å². The molecule has 22 heavy (non-hydrogen) atoms. The van der Waals surface area contributed by atoms with Crippen LogP contribution in [0, 0.1) is 11.3 Å². The van der Waals surface area contributed by atoms with Crippen LogP contribution in [0.3, 0.4) is 0 Å². The average Bonchev–Trinajstić information content (AvgIpc) is 2.54. The Bertz CT molecular complexity index is 440. The smallest absolute Gasteiger partial charge is 0.241 e. The molecule has 0 aromatic carbocycles. The molecule has 0 spiro atoms. The molecule has 0 aromatic heterocycles. The Morgan fingerprint density at radius 2 is 2.14 bits per heavy atom. The molecule has 1 saturated carbocycles. The molecule has 0 aromatic rings. The van der Waals surface area contributed by atoms with Crippen molar-refractivity contribution in [3.8, 4) is 0 Å². The van der Waals surface area contributed by atoms with Gasteiger partial charge in [-0.1, -0.05) is 20.8 Å². The largest absolute Gasteiger partial charge is 0.377 e. The lowest BCUT2D eigenvalue weighted by Gasteiger charge is -2.65. The number of rotatable bonds is 3. The van der Waals surface area contributed by atoms with Crippen LogP contribution in [-0.2, 0) is 9.53 Å². The van der Waals surface area contributed by atoms with Crippen LogP contribution in [0.2, 0.25) is 0 Å². The zero-order valence-electron chi connectivity index (χ0n) is 14.2. The second-order valence-corrected chi connectivity index (χ2v) is 7.84. The maximum absolute atomic E-state index is 13.0. The number of nitrogens with two attached hydrogens (primary N) is 1. The van der Waals surface area contributed by atoms with Crippen molar-refractivity contribution in [2.75, 3.05) is 26.2 Å². The maximum Gasteiger partial charge on any atom is 0.241 e. The molecule has 0 bridgehead atoms. The summed E-state index contributed by atoms with van der Waals surface area (Å²) in [6.07, 6.45) is 4.36. The average molecular weight is 309 g/mol. The molecule has 3 aliphatic rings. The van der Waals surface area contributed by atoms with Crippen molar-refractivity contribution in [1.29, 1.82) is 0 Å². The van der Waals surface area contributed by atoms with Crippen molar-refractivity contribution in [2.45, 2.75) is 64.1 Å². The predicted octanol–water partition coefficient (Wildman–Crippen LogP) is 1.12. The topological polar surface area (TPSA) is 67.6 Å². The van der Waals surface area contributed by atoms with E-state index in [1.165, 1.54) is 0 Å². The Hall–Kier alpha value is -0.650. The Balaban J connectivity index is 1.68. The van der Waals surface area contributed by atoms with Crippen molar-refractivity contribution in [3.63, 3.8) is 0 Å². The summed E-state index contributed by atoms with van der Waals surface area (Å²) in [6, 6.07) is 0.237. The number of ether oxygens (including phenoxy) is 1. The lowest BCUT2D eigenvalue weighted by atomic mass is 9.46. The van der Waals surface area contributed by atoms with Gasteiger partial charge in [0.15, 0.2) is 0 Å². The maximum atomic E-state index is 13.0. The fourth-order valence-corrected chi connectivity index (χ4v) is 4.80. The molecule has 2 aliphatic heterocycles. The van der Waals surface area contributed by atoms with Gasteiger partial charge in [-0.05, 0) is 38.8 Å². The van der Waals surface area contributed by atoms with Gasteiger partial charge in [0.05, 0.1) is 6.10 Å². The number of amides is 1. The molecule has 4 unspecified atom stereocenters. The van der Waals surface area contributed by atoms with Crippen molar-refractivity contribution in [1.82, 2.24) is 10.2 Å². The molecule has 3 N–H and O–H groups in total. The SMILES string of the molecule is CCN1CCCC(NC(=O)C2(N)C3CCCOC3C2(C)C)C1. The van der Waals surface area contributed by atoms with E-state index in [0.29, 0.717) is 0 Å². The van der Waals surface area contributed by atoms with Crippen LogP contribution in [0.1, 0.15) is 46.5 Å². The van der Waals surface area contributed by atoms with Crippen LogP contribution in [0.15, 0.2) is 0 Å². The number of hydrogen-bond acceptors (Lipinski definition) is 4. The summed E-state index contributed by atoms with van der Waals surface area (Å²) >= 11 is 0. The van der Waals surface area contributed by atoms with Gasteiger partial charge in [-0.2, -0.15) is 0 Å². The van der Waals surface area contributed by atoms with E-state index in [2.05, 4.69) is 31.0 Å². The van der Waals surface area contributed by atoms with Crippen LogP contribution in [-0.4, -0.2) is 54.7 Å². The van der Waals surface area contributed by atoms with Gasteiger partial charge in [0.2, 0.25) is 5.91 Å². The predicted molar refractivity (Wildman–Crippen MR) is 86.4 cm³/mol. The Labute approximate surface area is 133 Å². The Morgan fingerprint density at radius 3 is 2.86 bits per heavy atom. The fourth-order valence-electron chi connectivity index (χ4n) is 4.80. The number of likely N-dealkylation sites (N-methyl/N-ethyl adjacent to an activating group) is 1. The van der Waals surface area contributed by atoms with Crippen LogP contribution >= 0.6 is 0 Å². The number of fused-ring (bicyclic) bond motifs is 1. The third-order valence-electron chi connectivity index (χ3n) is 6.35. The number of nitrogens with zero attached hydrogens (tertiary/aromatic N) is 1. The molecule has 3 rings (SSSR count). The van der Waals surface area contributed by atoms with E-state index >= 15 is 0 Å². The summed E-state index contributed by atoms with van der Waals surface area (Å²) in [7, 11) is 0. The van der Waals surface area contributed by atoms with Gasteiger partial charge >= 0.3 is 0 Å². The first-order valence-electron chi connectivity index (χ1n) is 8.85. The molecule has 4 atom stereocenters. The Kier molecular flexibility index (Phi) is 4.25. The van der Waals surface area contributed by atoms with Crippen molar-refractivity contribution >= 4 is 5.91 Å². The van der Waals surface area contributed by atoms with Crippen molar-refractivity contribution < 1.29 is 9.53 Å². The molecule has 0 radical (unpaired) electrons. The zero-order chi connectivity index (χ0) is 16.0. The summed E-state index contributed by atoms with van der Waals surface area (Å²) in [5.74, 6) is 0.203. The first-order valence-corrected chi connectivity index (χ1v) is 8.85. The zero-order valence-corrected chi connectivity index (χ0v) is 14.2. The van der Waals surface area contributed by atoms with E-state index in [1.807, 2.05) is 0 Å². The Morgan fingerprint density at radius 1 is 1.36 bits per heavy atom. The quantitative estimate of drug-likeness (QED) is 0.820. The third kappa shape index (κ3) is 2.29. The van der Waals surface area contributed by atoms with E-state index in [0.717, 1.165) is 51.9 Å². The van der Waals surface area contributed by atoms with Crippen molar-refractivity contribution in [2.24, 2.45) is 17.1 Å². The number of carbonyl (C=O) groups excluding carboxylic acids is 1. The molecule has 5 nitrogen and oxygen atoms in total. The minimum absolute atomic E-state index is 0.0344. The molecule has 1 aliphatic carbocycles. The second kappa shape index (κ2) is 5.77. The van der Waals surface area contributed by atoms with Gasteiger partial charge in [-0.3, -0.25) is 4.79 Å². The molecule has 2 heterocycles. The number of nitrogens with one attached hydrogen (secondary N) is 1. The van der Waals surface area contributed by atoms with Gasteiger partial charge in [0.1, 0.15) is 5.54 Å². The van der Waals surface area contributed by atoms with E-state index in [1.54, 1.807) is 0 Å². The van der Waals surface area contributed by atoms with Gasteiger partial charge in [-0.15, -0.1) is 0 Å². The third-order valence-corrected chi connectivity index (χ3v) is 6.35. The lowest BCUT2D eigenvalue weighted by molar-refractivity contribution is -0.225. The number of piperidine rings is 1. The van der Waals surface area contributed by atoms with Crippen molar-refractivity contribution in [3.05, 3.63) is 0 Å². The second-order valence-electron chi connectivity index (χ2n) is 7.84. The highest BCUT2D eigenvalue weighted by atomic mass is 16.5. The summed E-state index contributed by atoms with van der Waals surface area (Å²) in [4.78, 5) is 15.4. The van der Waals surface area contributed by atoms with E-state index < -0.39 is 5.54 Å². The number of carbonyl (C=O) groups is 1. The highest BCUT2D eigenvalue weighted by Crippen LogP contribution is 2.57.